The normalized spacial score (nSPS) is 12.3. The minimum absolute atomic E-state index is 1.30. The molecule has 0 nitrogen and oxygen atoms in total. The predicted molar refractivity (Wildman–Crippen MR) is 326 cm³/mol. The zero-order valence-electron chi connectivity index (χ0n) is 46.4. The predicted octanol–water partition coefficient (Wildman–Crippen LogP) is 21.4. The molecule has 0 radical (unpaired) electrons. The first kappa shape index (κ1) is 46.3. The van der Waals surface area contributed by atoms with Crippen LogP contribution in [-0.4, -0.2) is 0 Å². The summed E-state index contributed by atoms with van der Waals surface area (Å²) in [5.41, 5.74) is 32.3. The van der Waals surface area contributed by atoms with E-state index < -0.39 is 0 Å². The van der Waals surface area contributed by atoms with Gasteiger partial charge in [-0.05, 0) is 379 Å². The summed E-state index contributed by atoms with van der Waals surface area (Å²) >= 11 is 0. The average Bonchev–Trinajstić information content (AvgIpc) is 3.89. The fourth-order valence-corrected chi connectivity index (χ4v) is 14.2. The minimum Gasteiger partial charge on any atom is -0.0558 e. The van der Waals surface area contributed by atoms with Crippen LogP contribution in [0.3, 0.4) is 0 Å². The van der Waals surface area contributed by atoms with Gasteiger partial charge in [0.2, 0.25) is 0 Å². The van der Waals surface area contributed by atoms with Gasteiger partial charge >= 0.3 is 0 Å². The highest BCUT2D eigenvalue weighted by atomic mass is 14.3. The Kier molecular flexibility index (Phi) is 9.99. The van der Waals surface area contributed by atoms with Crippen LogP contribution in [0.15, 0.2) is 109 Å². The van der Waals surface area contributed by atoms with E-state index in [2.05, 4.69) is 220 Å². The van der Waals surface area contributed by atoms with E-state index >= 15 is 0 Å². The summed E-state index contributed by atoms with van der Waals surface area (Å²) < 4.78 is 0. The van der Waals surface area contributed by atoms with Gasteiger partial charge in [0.05, 0.1) is 0 Å². The average molecular weight is 955 g/mol. The molecular formula is C74H66. The van der Waals surface area contributed by atoms with E-state index in [1.54, 1.807) is 0 Å². The van der Waals surface area contributed by atoms with Crippen molar-refractivity contribution in [3.05, 3.63) is 198 Å². The van der Waals surface area contributed by atoms with E-state index in [4.69, 9.17) is 0 Å². The zero-order chi connectivity index (χ0) is 51.8. The Hall–Kier alpha value is -7.54. The van der Waals surface area contributed by atoms with Crippen LogP contribution in [0.25, 0.3) is 131 Å². The fraction of sp³-hybridized carbons (Fsp3) is 0.216. The lowest BCUT2D eigenvalue weighted by Gasteiger charge is -2.18. The number of fused-ring (bicyclic) bond motifs is 11. The molecule has 0 fully saturated rings. The molecule has 13 aromatic rings. The number of hydrogen-bond acceptors (Lipinski definition) is 0. The standard InChI is InChI=1S/C74H66/c1-35-23-36(2)44(10)69(43(35)9)51-17-19-55-59(27-51)65-31-53(71-47(13)39(5)25-40(6)48(71)14)29-63-57-21-22-58-62(61(57)33-67(55)73(63)65)34-68-56-20-18-52(70-45(11)37(3)24-38(4)46(70)12)28-60(56)66-32-54(30-64(58)74(66)68)72-49(15)41(7)26-42(8)50(72)16/h17-34H,1-16H3. The summed E-state index contributed by atoms with van der Waals surface area (Å²) in [6, 6.07) is 44.4. The van der Waals surface area contributed by atoms with Gasteiger partial charge in [0, 0.05) is 0 Å². The molecule has 0 saturated carbocycles. The highest BCUT2D eigenvalue weighted by Gasteiger charge is 2.25. The van der Waals surface area contributed by atoms with Crippen molar-refractivity contribution < 1.29 is 0 Å². The highest BCUT2D eigenvalue weighted by Crippen LogP contribution is 2.51. The molecule has 0 saturated heterocycles. The Bertz CT molecular complexity index is 4280. The third-order valence-corrected chi connectivity index (χ3v) is 19.1. The quantitative estimate of drug-likeness (QED) is 0.154. The van der Waals surface area contributed by atoms with Crippen LogP contribution in [0.5, 0.6) is 0 Å². The molecule has 0 heteroatoms. The number of benzene rings is 11. The molecule has 13 aromatic carbocycles. The van der Waals surface area contributed by atoms with Crippen molar-refractivity contribution in [1.82, 2.24) is 0 Å². The smallest absolute Gasteiger partial charge is 0.00195 e. The molecule has 0 aromatic heterocycles. The van der Waals surface area contributed by atoms with Crippen molar-refractivity contribution >= 4 is 86.2 Å². The SMILES string of the molecule is Cc1cc(C)c(C)c(-c2ccc3c(c2)c2cc(-c4c(C)c(C)cc(C)c4C)cc4c5ccc6c(cc7c8ccc(-c9c(C)c(C)cc(C)c9C)cc8c8cc(-c9c(C)c(C)cc(C)c9C)cc6c87)c5cc3c42)c1C. The maximum absolute atomic E-state index is 2.57. The van der Waals surface area contributed by atoms with Crippen molar-refractivity contribution in [2.45, 2.75) is 111 Å². The van der Waals surface area contributed by atoms with Gasteiger partial charge in [-0.15, -0.1) is 0 Å². The number of hydrogen-bond donors (Lipinski definition) is 0. The molecule has 0 spiro atoms. The van der Waals surface area contributed by atoms with Gasteiger partial charge in [-0.1, -0.05) is 60.7 Å². The maximum Gasteiger partial charge on any atom is -0.00195 e. The summed E-state index contributed by atoms with van der Waals surface area (Å²) in [6.07, 6.45) is 0. The third kappa shape index (κ3) is 6.27. The van der Waals surface area contributed by atoms with Crippen LogP contribution in [0.1, 0.15) is 89.0 Å². The van der Waals surface area contributed by atoms with Gasteiger partial charge in [0.1, 0.15) is 0 Å². The van der Waals surface area contributed by atoms with Crippen molar-refractivity contribution in [3.63, 3.8) is 0 Å². The zero-order valence-corrected chi connectivity index (χ0v) is 46.4. The molecule has 0 unspecified atom stereocenters. The molecule has 0 aliphatic heterocycles. The Balaban J connectivity index is 1.20. The lowest BCUT2D eigenvalue weighted by molar-refractivity contribution is 1.25. The first-order valence-electron chi connectivity index (χ1n) is 26.9. The lowest BCUT2D eigenvalue weighted by atomic mass is 9.85. The molecule has 0 heterocycles. The first-order valence-corrected chi connectivity index (χ1v) is 26.9. The second-order valence-electron chi connectivity index (χ2n) is 23.1. The molecule has 13 rings (SSSR count). The van der Waals surface area contributed by atoms with E-state index in [-0.39, 0.29) is 0 Å². The van der Waals surface area contributed by atoms with Gasteiger partial charge in [0.25, 0.3) is 0 Å². The largest absolute Gasteiger partial charge is 0.0558 e. The summed E-state index contributed by atoms with van der Waals surface area (Å²) in [6.45, 7) is 36.7. The summed E-state index contributed by atoms with van der Waals surface area (Å²) in [7, 11) is 0. The second-order valence-corrected chi connectivity index (χ2v) is 23.1. The van der Waals surface area contributed by atoms with E-state index in [1.807, 2.05) is 0 Å². The van der Waals surface area contributed by atoms with Crippen LogP contribution in [0, 0.1) is 111 Å². The summed E-state index contributed by atoms with van der Waals surface area (Å²) in [5, 5.41) is 21.3. The maximum atomic E-state index is 2.57. The molecule has 0 atom stereocenters. The van der Waals surface area contributed by atoms with E-state index in [0.717, 1.165) is 0 Å². The Morgan fingerprint density at radius 1 is 0.162 bits per heavy atom. The Morgan fingerprint density at radius 2 is 0.351 bits per heavy atom. The van der Waals surface area contributed by atoms with E-state index in [1.165, 1.54) is 220 Å². The Morgan fingerprint density at radius 3 is 0.622 bits per heavy atom. The van der Waals surface area contributed by atoms with Crippen molar-refractivity contribution in [3.8, 4) is 44.5 Å². The van der Waals surface area contributed by atoms with Crippen LogP contribution < -0.4 is 0 Å². The second kappa shape index (κ2) is 16.0. The topological polar surface area (TPSA) is 0 Å². The molecule has 0 aliphatic carbocycles. The van der Waals surface area contributed by atoms with Crippen molar-refractivity contribution in [2.75, 3.05) is 0 Å². The van der Waals surface area contributed by atoms with Crippen LogP contribution in [0.4, 0.5) is 0 Å². The summed E-state index contributed by atoms with van der Waals surface area (Å²) in [4.78, 5) is 0. The van der Waals surface area contributed by atoms with Gasteiger partial charge in [0.15, 0.2) is 0 Å². The highest BCUT2D eigenvalue weighted by molar-refractivity contribution is 6.41. The number of aryl methyl sites for hydroxylation is 8. The lowest BCUT2D eigenvalue weighted by Crippen LogP contribution is -1.96. The van der Waals surface area contributed by atoms with Gasteiger partial charge in [-0.3, -0.25) is 0 Å². The minimum atomic E-state index is 1.30. The van der Waals surface area contributed by atoms with E-state index in [9.17, 15) is 0 Å². The van der Waals surface area contributed by atoms with Crippen molar-refractivity contribution in [2.24, 2.45) is 0 Å². The van der Waals surface area contributed by atoms with Crippen LogP contribution >= 0.6 is 0 Å². The monoisotopic (exact) mass is 955 g/mol. The molecule has 0 aliphatic rings. The Labute approximate surface area is 437 Å². The molecular weight excluding hydrogens is 889 g/mol. The van der Waals surface area contributed by atoms with Crippen LogP contribution in [-0.2, 0) is 0 Å². The molecule has 74 heavy (non-hydrogen) atoms. The molecule has 0 N–H and O–H groups in total. The van der Waals surface area contributed by atoms with E-state index in [0.29, 0.717) is 0 Å². The van der Waals surface area contributed by atoms with Crippen molar-refractivity contribution in [1.29, 1.82) is 0 Å². The molecule has 362 valence electrons. The first-order chi connectivity index (χ1) is 35.3. The fourth-order valence-electron chi connectivity index (χ4n) is 14.2. The van der Waals surface area contributed by atoms with Crippen LogP contribution in [0.2, 0.25) is 0 Å². The van der Waals surface area contributed by atoms with Gasteiger partial charge in [-0.2, -0.15) is 0 Å². The molecule has 0 amide bonds. The third-order valence-electron chi connectivity index (χ3n) is 19.1. The van der Waals surface area contributed by atoms with Gasteiger partial charge < -0.3 is 0 Å². The van der Waals surface area contributed by atoms with Gasteiger partial charge in [-0.25, -0.2) is 0 Å². The summed E-state index contributed by atoms with van der Waals surface area (Å²) in [5.74, 6) is 0. The molecule has 0 bridgehead atoms. The number of rotatable bonds is 4.